The third-order valence-electron chi connectivity index (χ3n) is 2.22. The molecule has 0 aliphatic carbocycles. The summed E-state index contributed by atoms with van der Waals surface area (Å²) in [5.74, 6) is 0.757. The van der Waals surface area contributed by atoms with Crippen LogP contribution in [0.15, 0.2) is 18.2 Å². The molecule has 0 amide bonds. The van der Waals surface area contributed by atoms with Crippen LogP contribution in [-0.2, 0) is 0 Å². The van der Waals surface area contributed by atoms with Crippen molar-refractivity contribution in [3.63, 3.8) is 0 Å². The maximum absolute atomic E-state index is 11.9. The quantitative estimate of drug-likeness (QED) is 0.760. The number of aryl methyl sites for hydroxylation is 1. The summed E-state index contributed by atoms with van der Waals surface area (Å²) in [6.07, 6.45) is -0.0546. The molecular weight excluding hydrogens is 195 g/mol. The molecule has 0 heterocycles. The minimum absolute atomic E-state index is 0.356. The molecular formula is C12H17FO2. The first kappa shape index (κ1) is 12.0. The predicted molar refractivity (Wildman–Crippen MR) is 57.9 cm³/mol. The minimum atomic E-state index is -0.469. The first-order valence-corrected chi connectivity index (χ1v) is 5.12. The van der Waals surface area contributed by atoms with Gasteiger partial charge >= 0.3 is 0 Å². The lowest BCUT2D eigenvalue weighted by Gasteiger charge is -2.11. The van der Waals surface area contributed by atoms with Crippen LogP contribution in [0.2, 0.25) is 0 Å². The average Bonchev–Trinajstić information content (AvgIpc) is 2.20. The van der Waals surface area contributed by atoms with Gasteiger partial charge in [-0.05, 0) is 37.1 Å². The summed E-state index contributed by atoms with van der Waals surface area (Å²) in [6.45, 7) is 3.67. The van der Waals surface area contributed by atoms with E-state index in [4.69, 9.17) is 4.74 Å². The zero-order valence-electron chi connectivity index (χ0n) is 9.16. The van der Waals surface area contributed by atoms with Gasteiger partial charge < -0.3 is 9.84 Å². The van der Waals surface area contributed by atoms with Crippen molar-refractivity contribution in [2.45, 2.75) is 26.4 Å². The van der Waals surface area contributed by atoms with Crippen LogP contribution < -0.4 is 4.74 Å². The van der Waals surface area contributed by atoms with E-state index in [1.165, 1.54) is 0 Å². The molecule has 0 spiro atoms. The fraction of sp³-hybridized carbons (Fsp3) is 0.500. The lowest BCUT2D eigenvalue weighted by molar-refractivity contribution is 0.199. The molecule has 0 aliphatic rings. The van der Waals surface area contributed by atoms with Gasteiger partial charge in [-0.3, -0.25) is 4.39 Å². The molecule has 0 saturated carbocycles. The third kappa shape index (κ3) is 3.51. The summed E-state index contributed by atoms with van der Waals surface area (Å²) in [7, 11) is 0. The molecule has 1 atom stereocenters. The average molecular weight is 212 g/mol. The van der Waals surface area contributed by atoms with Crippen molar-refractivity contribution < 1.29 is 14.2 Å². The lowest BCUT2D eigenvalue weighted by atomic mass is 10.1. The fourth-order valence-electron chi connectivity index (χ4n) is 1.33. The maximum atomic E-state index is 11.9. The van der Waals surface area contributed by atoms with E-state index < -0.39 is 6.10 Å². The molecule has 0 bridgehead atoms. The van der Waals surface area contributed by atoms with Gasteiger partial charge in [0.1, 0.15) is 5.75 Å². The fourth-order valence-corrected chi connectivity index (χ4v) is 1.33. The molecule has 3 heteroatoms. The Balaban J connectivity index is 2.66. The molecule has 0 saturated heterocycles. The number of ether oxygens (including phenoxy) is 1. The third-order valence-corrected chi connectivity index (χ3v) is 2.22. The SMILES string of the molecule is Cc1cc(C(C)O)ccc1OCCCF. The van der Waals surface area contributed by atoms with Gasteiger partial charge in [0.2, 0.25) is 0 Å². The Morgan fingerprint density at radius 2 is 2.20 bits per heavy atom. The van der Waals surface area contributed by atoms with Gasteiger partial charge in [0.05, 0.1) is 19.4 Å². The maximum Gasteiger partial charge on any atom is 0.122 e. The molecule has 0 aromatic heterocycles. The Hall–Kier alpha value is -1.09. The number of aliphatic hydroxyl groups excluding tert-OH is 1. The molecule has 1 unspecified atom stereocenters. The van der Waals surface area contributed by atoms with Crippen LogP contribution in [0.4, 0.5) is 4.39 Å². The Bertz CT molecular complexity index is 310. The summed E-state index contributed by atoms with van der Waals surface area (Å²) >= 11 is 0. The largest absolute Gasteiger partial charge is 0.493 e. The Labute approximate surface area is 89.7 Å². The van der Waals surface area contributed by atoms with Gasteiger partial charge in [0.15, 0.2) is 0 Å². The number of aliphatic hydroxyl groups is 1. The van der Waals surface area contributed by atoms with Crippen LogP contribution in [0, 0.1) is 6.92 Å². The van der Waals surface area contributed by atoms with Gasteiger partial charge in [-0.2, -0.15) is 0 Å². The highest BCUT2D eigenvalue weighted by Crippen LogP contribution is 2.22. The summed E-state index contributed by atoms with van der Waals surface area (Å²) < 4.78 is 17.2. The summed E-state index contributed by atoms with van der Waals surface area (Å²) in [6, 6.07) is 5.52. The van der Waals surface area contributed by atoms with Gasteiger partial charge in [-0.15, -0.1) is 0 Å². The highest BCUT2D eigenvalue weighted by Gasteiger charge is 2.04. The zero-order chi connectivity index (χ0) is 11.3. The zero-order valence-corrected chi connectivity index (χ0v) is 9.16. The van der Waals surface area contributed by atoms with Gasteiger partial charge in [0.25, 0.3) is 0 Å². The molecule has 0 fully saturated rings. The van der Waals surface area contributed by atoms with E-state index in [2.05, 4.69) is 0 Å². The van der Waals surface area contributed by atoms with Crippen molar-refractivity contribution in [1.29, 1.82) is 0 Å². The van der Waals surface area contributed by atoms with Crippen molar-refractivity contribution >= 4 is 0 Å². The van der Waals surface area contributed by atoms with Crippen molar-refractivity contribution in [3.05, 3.63) is 29.3 Å². The van der Waals surface area contributed by atoms with Crippen molar-refractivity contribution in [2.75, 3.05) is 13.3 Å². The van der Waals surface area contributed by atoms with E-state index in [0.717, 1.165) is 16.9 Å². The molecule has 1 aromatic carbocycles. The second-order valence-corrected chi connectivity index (χ2v) is 3.59. The lowest BCUT2D eigenvalue weighted by Crippen LogP contribution is -2.00. The number of alkyl halides is 1. The Morgan fingerprint density at radius 1 is 1.47 bits per heavy atom. The van der Waals surface area contributed by atoms with Crippen LogP contribution in [0.1, 0.15) is 30.6 Å². The van der Waals surface area contributed by atoms with Crippen LogP contribution in [-0.4, -0.2) is 18.4 Å². The summed E-state index contributed by atoms with van der Waals surface area (Å²) in [5.41, 5.74) is 1.83. The van der Waals surface area contributed by atoms with Crippen molar-refractivity contribution in [2.24, 2.45) is 0 Å². The highest BCUT2D eigenvalue weighted by molar-refractivity contribution is 5.36. The first-order chi connectivity index (χ1) is 7.15. The Kier molecular flexibility index (Phi) is 4.56. The second-order valence-electron chi connectivity index (χ2n) is 3.59. The second kappa shape index (κ2) is 5.71. The van der Waals surface area contributed by atoms with E-state index in [1.54, 1.807) is 6.92 Å². The van der Waals surface area contributed by atoms with E-state index in [9.17, 15) is 9.50 Å². The smallest absolute Gasteiger partial charge is 0.122 e. The van der Waals surface area contributed by atoms with Gasteiger partial charge in [-0.25, -0.2) is 0 Å². The van der Waals surface area contributed by atoms with E-state index in [0.29, 0.717) is 13.0 Å². The van der Waals surface area contributed by atoms with Crippen LogP contribution >= 0.6 is 0 Å². The van der Waals surface area contributed by atoms with Crippen molar-refractivity contribution in [3.8, 4) is 5.75 Å². The standard InChI is InChI=1S/C12H17FO2/c1-9-8-11(10(2)14)4-5-12(9)15-7-3-6-13/h4-5,8,10,14H,3,6-7H2,1-2H3. The molecule has 84 valence electrons. The topological polar surface area (TPSA) is 29.5 Å². The molecule has 2 nitrogen and oxygen atoms in total. The molecule has 0 radical (unpaired) electrons. The Morgan fingerprint density at radius 3 is 2.73 bits per heavy atom. The normalized spacial score (nSPS) is 12.5. The number of halogens is 1. The van der Waals surface area contributed by atoms with Crippen molar-refractivity contribution in [1.82, 2.24) is 0 Å². The molecule has 15 heavy (non-hydrogen) atoms. The van der Waals surface area contributed by atoms with Crippen LogP contribution in [0.25, 0.3) is 0 Å². The van der Waals surface area contributed by atoms with E-state index in [1.807, 2.05) is 25.1 Å². The van der Waals surface area contributed by atoms with E-state index in [-0.39, 0.29) is 6.67 Å². The predicted octanol–water partition coefficient (Wildman–Crippen LogP) is 2.79. The van der Waals surface area contributed by atoms with Gasteiger partial charge in [-0.1, -0.05) is 6.07 Å². The highest BCUT2D eigenvalue weighted by atomic mass is 19.1. The molecule has 1 rings (SSSR count). The summed E-state index contributed by atoms with van der Waals surface area (Å²) in [4.78, 5) is 0. The number of hydrogen-bond acceptors (Lipinski definition) is 2. The number of benzene rings is 1. The molecule has 1 aromatic rings. The summed E-state index contributed by atoms with van der Waals surface area (Å²) in [5, 5.41) is 9.36. The van der Waals surface area contributed by atoms with Crippen LogP contribution in [0.5, 0.6) is 5.75 Å². The monoisotopic (exact) mass is 212 g/mol. The molecule has 1 N–H and O–H groups in total. The minimum Gasteiger partial charge on any atom is -0.493 e. The van der Waals surface area contributed by atoms with E-state index >= 15 is 0 Å². The van der Waals surface area contributed by atoms with Crippen LogP contribution in [0.3, 0.4) is 0 Å². The number of hydrogen-bond donors (Lipinski definition) is 1. The number of rotatable bonds is 5. The molecule has 0 aliphatic heterocycles. The van der Waals surface area contributed by atoms with Gasteiger partial charge in [0, 0.05) is 6.42 Å². The first-order valence-electron chi connectivity index (χ1n) is 5.12.